The molecular formula is C60H37NO3. The smallest absolute Gasteiger partial charge is 0.143 e. The molecule has 3 aromatic heterocycles. The zero-order chi connectivity index (χ0) is 42.1. The van der Waals surface area contributed by atoms with Crippen molar-refractivity contribution in [3.63, 3.8) is 0 Å². The number of anilines is 3. The van der Waals surface area contributed by atoms with Crippen molar-refractivity contribution in [2.45, 2.75) is 0 Å². The number of furan rings is 3. The summed E-state index contributed by atoms with van der Waals surface area (Å²) < 4.78 is 18.9. The Balaban J connectivity index is 0.859. The third-order valence-corrected chi connectivity index (χ3v) is 12.7. The van der Waals surface area contributed by atoms with Crippen molar-refractivity contribution < 1.29 is 13.3 Å². The van der Waals surface area contributed by atoms with Crippen molar-refractivity contribution >= 4 is 82.9 Å². The van der Waals surface area contributed by atoms with Crippen LogP contribution in [0.1, 0.15) is 0 Å². The van der Waals surface area contributed by atoms with Crippen LogP contribution in [0.25, 0.3) is 110 Å². The molecular weight excluding hydrogens is 783 g/mol. The lowest BCUT2D eigenvalue weighted by Gasteiger charge is -2.26. The van der Waals surface area contributed by atoms with E-state index in [0.29, 0.717) is 0 Å². The molecule has 13 aromatic rings. The second kappa shape index (κ2) is 14.5. The molecule has 0 fully saturated rings. The van der Waals surface area contributed by atoms with E-state index in [-0.39, 0.29) is 0 Å². The molecule has 300 valence electrons. The van der Waals surface area contributed by atoms with Crippen LogP contribution in [-0.4, -0.2) is 0 Å². The van der Waals surface area contributed by atoms with Gasteiger partial charge in [-0.3, -0.25) is 0 Å². The summed E-state index contributed by atoms with van der Waals surface area (Å²) in [5, 5.41) is 6.68. The van der Waals surface area contributed by atoms with Gasteiger partial charge in [-0.2, -0.15) is 0 Å². The Morgan fingerprint density at radius 3 is 1.17 bits per heavy atom. The standard InChI is InChI=1S/C60H37NO3/c1-2-9-38(10-3-1)39-17-26-45(27-18-39)61(47-30-21-41(22-31-47)48-13-8-14-51-49-11-4-7-16-56(49)64-60(48)51)46-28-19-40(20-29-46)42-23-32-58-53(35-42)54-37-44(25-34-59(54)63-58)43-24-33-57-52(36-43)50-12-5-6-15-55(50)62-57/h1-37H. The Bertz CT molecular complexity index is 3870. The van der Waals surface area contributed by atoms with Crippen molar-refractivity contribution in [1.82, 2.24) is 0 Å². The lowest BCUT2D eigenvalue weighted by molar-refractivity contribution is 0.668. The monoisotopic (exact) mass is 819 g/mol. The van der Waals surface area contributed by atoms with Crippen LogP contribution in [0, 0.1) is 0 Å². The molecule has 0 amide bonds. The molecule has 0 radical (unpaired) electrons. The number of para-hydroxylation sites is 3. The third kappa shape index (κ3) is 5.99. The Kier molecular flexibility index (Phi) is 8.18. The van der Waals surface area contributed by atoms with Crippen molar-refractivity contribution in [2.75, 3.05) is 4.90 Å². The molecule has 0 N–H and O–H groups in total. The summed E-state index contributed by atoms with van der Waals surface area (Å²) in [7, 11) is 0. The second-order valence-corrected chi connectivity index (χ2v) is 16.5. The van der Waals surface area contributed by atoms with Gasteiger partial charge < -0.3 is 18.2 Å². The van der Waals surface area contributed by atoms with Crippen LogP contribution in [0.3, 0.4) is 0 Å². The van der Waals surface area contributed by atoms with Crippen LogP contribution in [0.2, 0.25) is 0 Å². The first-order valence-corrected chi connectivity index (χ1v) is 21.6. The number of benzene rings is 10. The number of hydrogen-bond donors (Lipinski definition) is 0. The Labute approximate surface area is 368 Å². The quantitative estimate of drug-likeness (QED) is 0.161. The van der Waals surface area contributed by atoms with Crippen molar-refractivity contribution in [1.29, 1.82) is 0 Å². The average Bonchev–Trinajstić information content (AvgIpc) is 4.06. The highest BCUT2D eigenvalue weighted by molar-refractivity contribution is 6.11. The van der Waals surface area contributed by atoms with E-state index in [1.165, 1.54) is 11.1 Å². The van der Waals surface area contributed by atoms with Crippen molar-refractivity contribution in [2.24, 2.45) is 0 Å². The molecule has 4 heteroatoms. The zero-order valence-electron chi connectivity index (χ0n) is 34.5. The van der Waals surface area contributed by atoms with E-state index in [1.54, 1.807) is 0 Å². The van der Waals surface area contributed by atoms with Gasteiger partial charge in [-0.1, -0.05) is 140 Å². The number of fused-ring (bicyclic) bond motifs is 9. The molecule has 0 aliphatic heterocycles. The van der Waals surface area contributed by atoms with Crippen LogP contribution in [0.4, 0.5) is 17.1 Å². The van der Waals surface area contributed by atoms with Gasteiger partial charge in [-0.15, -0.1) is 0 Å². The van der Waals surface area contributed by atoms with Crippen LogP contribution < -0.4 is 4.90 Å². The van der Waals surface area contributed by atoms with Crippen LogP contribution in [0.5, 0.6) is 0 Å². The van der Waals surface area contributed by atoms with Gasteiger partial charge in [0.25, 0.3) is 0 Å². The molecule has 64 heavy (non-hydrogen) atoms. The summed E-state index contributed by atoms with van der Waals surface area (Å²) in [4.78, 5) is 2.32. The van der Waals surface area contributed by atoms with E-state index in [0.717, 1.165) is 116 Å². The highest BCUT2D eigenvalue weighted by Crippen LogP contribution is 2.42. The molecule has 0 saturated heterocycles. The maximum absolute atomic E-state index is 6.42. The Morgan fingerprint density at radius 2 is 0.609 bits per heavy atom. The predicted octanol–water partition coefficient (Wildman–Crippen LogP) is 17.5. The summed E-state index contributed by atoms with van der Waals surface area (Å²) in [5.41, 5.74) is 17.6. The fourth-order valence-electron chi connectivity index (χ4n) is 9.49. The first-order valence-electron chi connectivity index (χ1n) is 21.6. The molecule has 0 spiro atoms. The summed E-state index contributed by atoms with van der Waals surface area (Å²) in [6.07, 6.45) is 0. The topological polar surface area (TPSA) is 42.7 Å². The highest BCUT2D eigenvalue weighted by Gasteiger charge is 2.17. The number of nitrogens with zero attached hydrogens (tertiary/aromatic N) is 1. The first-order chi connectivity index (χ1) is 31.7. The Morgan fingerprint density at radius 1 is 0.234 bits per heavy atom. The van der Waals surface area contributed by atoms with Gasteiger partial charge in [-0.05, 0) is 124 Å². The van der Waals surface area contributed by atoms with E-state index < -0.39 is 0 Å². The SMILES string of the molecule is c1ccc(-c2ccc(N(c3ccc(-c4ccc5oc6ccc(-c7ccc8oc9ccccc9c8c7)cc6c5c4)cc3)c3ccc(-c4cccc5c4oc4ccccc45)cc3)cc2)cc1. The van der Waals surface area contributed by atoms with Gasteiger partial charge in [0.05, 0.1) is 0 Å². The molecule has 0 bridgehead atoms. The second-order valence-electron chi connectivity index (χ2n) is 16.5. The fourth-order valence-corrected chi connectivity index (χ4v) is 9.49. The van der Waals surface area contributed by atoms with Crippen molar-refractivity contribution in [3.05, 3.63) is 224 Å². The van der Waals surface area contributed by atoms with Gasteiger partial charge in [0.1, 0.15) is 33.5 Å². The number of hydrogen-bond acceptors (Lipinski definition) is 4. The molecule has 0 aliphatic rings. The van der Waals surface area contributed by atoms with Crippen LogP contribution in [0.15, 0.2) is 238 Å². The van der Waals surface area contributed by atoms with Gasteiger partial charge >= 0.3 is 0 Å². The lowest BCUT2D eigenvalue weighted by Crippen LogP contribution is -2.09. The highest BCUT2D eigenvalue weighted by atomic mass is 16.3. The normalized spacial score (nSPS) is 11.8. The number of rotatable bonds is 7. The van der Waals surface area contributed by atoms with Gasteiger partial charge in [0, 0.05) is 54.9 Å². The van der Waals surface area contributed by atoms with Crippen LogP contribution >= 0.6 is 0 Å². The largest absolute Gasteiger partial charge is 0.456 e. The third-order valence-electron chi connectivity index (χ3n) is 12.7. The molecule has 0 atom stereocenters. The lowest BCUT2D eigenvalue weighted by atomic mass is 9.99. The van der Waals surface area contributed by atoms with E-state index >= 15 is 0 Å². The molecule has 13 rings (SSSR count). The zero-order valence-corrected chi connectivity index (χ0v) is 34.5. The molecule has 0 saturated carbocycles. The molecule has 10 aromatic carbocycles. The van der Waals surface area contributed by atoms with E-state index in [2.05, 4.69) is 205 Å². The summed E-state index contributed by atoms with van der Waals surface area (Å²) in [5.74, 6) is 0. The van der Waals surface area contributed by atoms with Gasteiger partial charge in [-0.25, -0.2) is 0 Å². The molecule has 0 aliphatic carbocycles. The van der Waals surface area contributed by atoms with Gasteiger partial charge in [0.2, 0.25) is 0 Å². The summed E-state index contributed by atoms with van der Waals surface area (Å²) in [6.45, 7) is 0. The van der Waals surface area contributed by atoms with Crippen molar-refractivity contribution in [3.8, 4) is 44.5 Å². The molecule has 4 nitrogen and oxygen atoms in total. The molecule has 3 heterocycles. The Hall–Kier alpha value is -8.60. The first kappa shape index (κ1) is 36.1. The summed E-state index contributed by atoms with van der Waals surface area (Å²) in [6, 6.07) is 79.3. The fraction of sp³-hybridized carbons (Fsp3) is 0. The maximum Gasteiger partial charge on any atom is 0.143 e. The maximum atomic E-state index is 6.42. The minimum Gasteiger partial charge on any atom is -0.456 e. The molecule has 0 unspecified atom stereocenters. The van der Waals surface area contributed by atoms with E-state index in [9.17, 15) is 0 Å². The van der Waals surface area contributed by atoms with Gasteiger partial charge in [0.15, 0.2) is 0 Å². The predicted molar refractivity (Wildman–Crippen MR) is 265 cm³/mol. The van der Waals surface area contributed by atoms with E-state index in [4.69, 9.17) is 13.3 Å². The summed E-state index contributed by atoms with van der Waals surface area (Å²) >= 11 is 0. The minimum absolute atomic E-state index is 0.869. The minimum atomic E-state index is 0.869. The van der Waals surface area contributed by atoms with E-state index in [1.807, 2.05) is 24.3 Å². The average molecular weight is 820 g/mol. The van der Waals surface area contributed by atoms with Crippen LogP contribution in [-0.2, 0) is 0 Å².